The third kappa shape index (κ3) is 3.43. The number of nitrogens with zero attached hydrogens (tertiary/aromatic N) is 2. The van der Waals surface area contributed by atoms with E-state index >= 15 is 0 Å². The Hall–Kier alpha value is -1.13. The van der Waals surface area contributed by atoms with Gasteiger partial charge in [-0.25, -0.2) is 0 Å². The topological polar surface area (TPSA) is 37.4 Å². The predicted octanol–water partition coefficient (Wildman–Crippen LogP) is 1.59. The van der Waals surface area contributed by atoms with Crippen LogP contribution in [0.15, 0.2) is 18.3 Å². The zero-order chi connectivity index (χ0) is 12.8. The standard InChI is InChI=1S/C14H23N3O/c1-3-5-15-10-14-11-18-8-7-17(14)13-4-6-16-12(2)9-13/h4,6,9,14-15H,3,5,7-8,10-11H2,1-2H3. The van der Waals surface area contributed by atoms with Crippen LogP contribution in [0.5, 0.6) is 0 Å². The smallest absolute Gasteiger partial charge is 0.0683 e. The summed E-state index contributed by atoms with van der Waals surface area (Å²) in [7, 11) is 0. The molecule has 0 spiro atoms. The van der Waals surface area contributed by atoms with Gasteiger partial charge in [0.25, 0.3) is 0 Å². The first-order valence-corrected chi connectivity index (χ1v) is 6.79. The van der Waals surface area contributed by atoms with Gasteiger partial charge in [0.2, 0.25) is 0 Å². The number of aromatic nitrogens is 1. The first-order valence-electron chi connectivity index (χ1n) is 6.79. The molecule has 0 aromatic carbocycles. The summed E-state index contributed by atoms with van der Waals surface area (Å²) in [5, 5.41) is 3.48. The quantitative estimate of drug-likeness (QED) is 0.804. The molecule has 1 fully saturated rings. The van der Waals surface area contributed by atoms with Gasteiger partial charge in [-0.2, -0.15) is 0 Å². The van der Waals surface area contributed by atoms with Crippen molar-refractivity contribution in [1.82, 2.24) is 10.3 Å². The average molecular weight is 249 g/mol. The third-order valence-corrected chi connectivity index (χ3v) is 3.25. The number of hydrogen-bond acceptors (Lipinski definition) is 4. The summed E-state index contributed by atoms with van der Waals surface area (Å²) in [4.78, 5) is 6.69. The van der Waals surface area contributed by atoms with Gasteiger partial charge in [0.1, 0.15) is 0 Å². The lowest BCUT2D eigenvalue weighted by Crippen LogP contribution is -2.50. The van der Waals surface area contributed by atoms with Crippen LogP contribution >= 0.6 is 0 Å². The van der Waals surface area contributed by atoms with Crippen LogP contribution in [0.2, 0.25) is 0 Å². The molecule has 4 heteroatoms. The van der Waals surface area contributed by atoms with Crippen LogP contribution in [0, 0.1) is 6.92 Å². The Kier molecular flexibility index (Phi) is 4.96. The summed E-state index contributed by atoms with van der Waals surface area (Å²) in [5.41, 5.74) is 2.33. The van der Waals surface area contributed by atoms with E-state index in [-0.39, 0.29) is 0 Å². The van der Waals surface area contributed by atoms with Gasteiger partial charge in [0.05, 0.1) is 19.3 Å². The first-order chi connectivity index (χ1) is 8.81. The van der Waals surface area contributed by atoms with Crippen molar-refractivity contribution < 1.29 is 4.74 Å². The molecule has 1 atom stereocenters. The van der Waals surface area contributed by atoms with Crippen molar-refractivity contribution in [3.05, 3.63) is 24.0 Å². The van der Waals surface area contributed by atoms with Gasteiger partial charge in [-0.1, -0.05) is 6.92 Å². The summed E-state index contributed by atoms with van der Waals surface area (Å²) >= 11 is 0. The minimum Gasteiger partial charge on any atom is -0.377 e. The zero-order valence-electron chi connectivity index (χ0n) is 11.4. The first kappa shape index (κ1) is 13.3. The normalized spacial score (nSPS) is 20.1. The number of aryl methyl sites for hydroxylation is 1. The maximum absolute atomic E-state index is 5.60. The lowest BCUT2D eigenvalue weighted by molar-refractivity contribution is 0.0938. The number of nitrogens with one attached hydrogen (secondary N) is 1. The van der Waals surface area contributed by atoms with Crippen LogP contribution in [-0.2, 0) is 4.74 Å². The number of morpholine rings is 1. The fourth-order valence-corrected chi connectivity index (χ4v) is 2.32. The second kappa shape index (κ2) is 6.71. The van der Waals surface area contributed by atoms with E-state index in [0.29, 0.717) is 6.04 Å². The highest BCUT2D eigenvalue weighted by Gasteiger charge is 2.22. The SMILES string of the molecule is CCCNCC1COCCN1c1ccnc(C)c1. The van der Waals surface area contributed by atoms with E-state index in [1.54, 1.807) is 0 Å². The monoisotopic (exact) mass is 249 g/mol. The van der Waals surface area contributed by atoms with E-state index in [1.807, 2.05) is 13.1 Å². The fraction of sp³-hybridized carbons (Fsp3) is 0.643. The molecule has 18 heavy (non-hydrogen) atoms. The van der Waals surface area contributed by atoms with Crippen molar-refractivity contribution in [1.29, 1.82) is 0 Å². The van der Waals surface area contributed by atoms with Crippen molar-refractivity contribution in [2.24, 2.45) is 0 Å². The molecule has 1 saturated heterocycles. The van der Waals surface area contributed by atoms with Crippen LogP contribution < -0.4 is 10.2 Å². The van der Waals surface area contributed by atoms with Crippen molar-refractivity contribution in [2.75, 3.05) is 37.7 Å². The second-order valence-corrected chi connectivity index (χ2v) is 4.78. The Morgan fingerprint density at radius 2 is 2.44 bits per heavy atom. The molecule has 100 valence electrons. The van der Waals surface area contributed by atoms with Crippen LogP contribution in [0.3, 0.4) is 0 Å². The van der Waals surface area contributed by atoms with Gasteiger partial charge >= 0.3 is 0 Å². The number of anilines is 1. The Morgan fingerprint density at radius 1 is 1.56 bits per heavy atom. The molecule has 2 heterocycles. The van der Waals surface area contributed by atoms with Crippen molar-refractivity contribution >= 4 is 5.69 Å². The number of hydrogen-bond donors (Lipinski definition) is 1. The molecular formula is C14H23N3O. The van der Waals surface area contributed by atoms with Crippen LogP contribution in [0.25, 0.3) is 0 Å². The molecule has 0 amide bonds. The Morgan fingerprint density at radius 3 is 3.22 bits per heavy atom. The summed E-state index contributed by atoms with van der Waals surface area (Å²) in [5.74, 6) is 0. The minimum atomic E-state index is 0.423. The number of rotatable bonds is 5. The third-order valence-electron chi connectivity index (χ3n) is 3.25. The van der Waals surface area contributed by atoms with E-state index in [9.17, 15) is 0 Å². The Labute approximate surface area is 109 Å². The summed E-state index contributed by atoms with van der Waals surface area (Å²) < 4.78 is 5.60. The molecule has 4 nitrogen and oxygen atoms in total. The minimum absolute atomic E-state index is 0.423. The molecule has 0 saturated carbocycles. The van der Waals surface area contributed by atoms with Gasteiger partial charge in [0, 0.05) is 30.7 Å². The largest absolute Gasteiger partial charge is 0.377 e. The Balaban J connectivity index is 2.03. The molecule has 0 bridgehead atoms. The zero-order valence-corrected chi connectivity index (χ0v) is 11.4. The van der Waals surface area contributed by atoms with Gasteiger partial charge in [-0.05, 0) is 32.0 Å². The lowest BCUT2D eigenvalue weighted by Gasteiger charge is -2.37. The van der Waals surface area contributed by atoms with E-state index < -0.39 is 0 Å². The van der Waals surface area contributed by atoms with E-state index in [2.05, 4.69) is 34.3 Å². The van der Waals surface area contributed by atoms with Crippen LogP contribution in [0.4, 0.5) is 5.69 Å². The predicted molar refractivity (Wildman–Crippen MR) is 74.1 cm³/mol. The van der Waals surface area contributed by atoms with Crippen molar-refractivity contribution in [3.63, 3.8) is 0 Å². The number of pyridine rings is 1. The highest BCUT2D eigenvalue weighted by atomic mass is 16.5. The molecule has 1 unspecified atom stereocenters. The number of ether oxygens (including phenoxy) is 1. The van der Waals surface area contributed by atoms with Gasteiger partial charge in [-0.15, -0.1) is 0 Å². The van der Waals surface area contributed by atoms with Gasteiger partial charge < -0.3 is 15.0 Å². The maximum Gasteiger partial charge on any atom is 0.0683 e. The van der Waals surface area contributed by atoms with Crippen LogP contribution in [-0.4, -0.2) is 43.9 Å². The molecule has 1 N–H and O–H groups in total. The molecule has 0 radical (unpaired) electrons. The molecular weight excluding hydrogens is 226 g/mol. The molecule has 0 aliphatic carbocycles. The second-order valence-electron chi connectivity index (χ2n) is 4.78. The average Bonchev–Trinajstić information content (AvgIpc) is 2.40. The maximum atomic E-state index is 5.60. The summed E-state index contributed by atoms with van der Waals surface area (Å²) in [6, 6.07) is 4.66. The van der Waals surface area contributed by atoms with Gasteiger partial charge in [0.15, 0.2) is 0 Å². The van der Waals surface area contributed by atoms with E-state index in [1.165, 1.54) is 12.1 Å². The van der Waals surface area contributed by atoms with E-state index in [0.717, 1.165) is 38.5 Å². The highest BCUT2D eigenvalue weighted by Crippen LogP contribution is 2.19. The van der Waals surface area contributed by atoms with Crippen LogP contribution in [0.1, 0.15) is 19.0 Å². The fourth-order valence-electron chi connectivity index (χ4n) is 2.32. The molecule has 1 aromatic heterocycles. The summed E-state index contributed by atoms with van der Waals surface area (Å²) in [6.45, 7) is 8.85. The molecule has 2 rings (SSSR count). The highest BCUT2D eigenvalue weighted by molar-refractivity contribution is 5.48. The summed E-state index contributed by atoms with van der Waals surface area (Å²) in [6.07, 6.45) is 3.05. The van der Waals surface area contributed by atoms with Crippen molar-refractivity contribution in [2.45, 2.75) is 26.3 Å². The molecule has 1 aliphatic rings. The van der Waals surface area contributed by atoms with E-state index in [4.69, 9.17) is 4.74 Å². The molecule has 1 aliphatic heterocycles. The van der Waals surface area contributed by atoms with Gasteiger partial charge in [-0.3, -0.25) is 4.98 Å². The van der Waals surface area contributed by atoms with Crippen molar-refractivity contribution in [3.8, 4) is 0 Å². The molecule has 1 aromatic rings. The lowest BCUT2D eigenvalue weighted by atomic mass is 10.2. The Bertz CT molecular complexity index is 370.